The van der Waals surface area contributed by atoms with Gasteiger partial charge in [-0.25, -0.2) is 0 Å². The number of hydrogen-bond donors (Lipinski definition) is 2. The first-order chi connectivity index (χ1) is 5.62. The molecule has 0 unspecified atom stereocenters. The second kappa shape index (κ2) is 2.20. The second-order valence-corrected chi connectivity index (χ2v) is 3.52. The maximum atomic E-state index is 10.9. The lowest BCUT2D eigenvalue weighted by atomic mass is 10.1. The van der Waals surface area contributed by atoms with E-state index in [1.807, 2.05) is 13.0 Å². The molecular formula is C9H12N2O. The van der Waals surface area contributed by atoms with E-state index in [1.165, 1.54) is 6.07 Å². The van der Waals surface area contributed by atoms with E-state index >= 15 is 0 Å². The van der Waals surface area contributed by atoms with Crippen LogP contribution in [0.25, 0.3) is 0 Å². The second-order valence-electron chi connectivity index (χ2n) is 3.52. The number of aryl methyl sites for hydroxylation is 1. The Balaban J connectivity index is 2.52. The molecule has 1 aromatic heterocycles. The monoisotopic (exact) mass is 164 g/mol. The molecule has 12 heavy (non-hydrogen) atoms. The minimum absolute atomic E-state index is 0.0551. The minimum Gasteiger partial charge on any atom is -0.326 e. The van der Waals surface area contributed by atoms with Crippen molar-refractivity contribution in [1.29, 1.82) is 0 Å². The first-order valence-electron chi connectivity index (χ1n) is 4.11. The Morgan fingerprint density at radius 1 is 1.50 bits per heavy atom. The molecule has 0 aliphatic heterocycles. The van der Waals surface area contributed by atoms with E-state index in [0.717, 1.165) is 24.1 Å². The van der Waals surface area contributed by atoms with Gasteiger partial charge in [-0.2, -0.15) is 0 Å². The maximum absolute atomic E-state index is 10.9. The van der Waals surface area contributed by atoms with E-state index in [4.69, 9.17) is 5.73 Å². The number of rotatable bonds is 1. The van der Waals surface area contributed by atoms with Gasteiger partial charge in [0, 0.05) is 17.3 Å². The third-order valence-electron chi connectivity index (χ3n) is 2.44. The van der Waals surface area contributed by atoms with E-state index in [2.05, 4.69) is 4.98 Å². The summed E-state index contributed by atoms with van der Waals surface area (Å²) < 4.78 is 0. The number of H-pyrrole nitrogens is 1. The predicted molar refractivity (Wildman–Crippen MR) is 46.9 cm³/mol. The fourth-order valence-electron chi connectivity index (χ4n) is 1.52. The molecule has 0 amide bonds. The van der Waals surface area contributed by atoms with E-state index in [9.17, 15) is 4.79 Å². The number of hydrogen-bond acceptors (Lipinski definition) is 2. The third-order valence-corrected chi connectivity index (χ3v) is 2.44. The average molecular weight is 164 g/mol. The molecule has 64 valence electrons. The van der Waals surface area contributed by atoms with Gasteiger partial charge in [-0.15, -0.1) is 0 Å². The van der Waals surface area contributed by atoms with Gasteiger partial charge >= 0.3 is 0 Å². The summed E-state index contributed by atoms with van der Waals surface area (Å²) in [4.78, 5) is 13.6. The van der Waals surface area contributed by atoms with Crippen LogP contribution < -0.4 is 11.3 Å². The number of aromatic nitrogens is 1. The first kappa shape index (κ1) is 7.55. The quantitative estimate of drug-likeness (QED) is 0.639. The molecule has 0 atom stereocenters. The summed E-state index contributed by atoms with van der Waals surface area (Å²) in [6.45, 7) is 1.89. The van der Waals surface area contributed by atoms with Crippen LogP contribution in [0.5, 0.6) is 0 Å². The van der Waals surface area contributed by atoms with Gasteiger partial charge < -0.3 is 10.7 Å². The van der Waals surface area contributed by atoms with Gasteiger partial charge in [0.2, 0.25) is 5.56 Å². The smallest absolute Gasteiger partial charge is 0.248 e. The Hall–Kier alpha value is -1.09. The summed E-state index contributed by atoms with van der Waals surface area (Å²) in [6.07, 6.45) is 2.06. The molecule has 1 aliphatic carbocycles. The van der Waals surface area contributed by atoms with Gasteiger partial charge in [0.25, 0.3) is 0 Å². The molecule has 2 rings (SSSR count). The van der Waals surface area contributed by atoms with Gasteiger partial charge in [0.15, 0.2) is 0 Å². The molecule has 0 spiro atoms. The summed E-state index contributed by atoms with van der Waals surface area (Å²) in [5.74, 6) is 0. The van der Waals surface area contributed by atoms with Gasteiger partial charge in [-0.3, -0.25) is 4.79 Å². The molecule has 1 aliphatic rings. The number of nitrogens with two attached hydrogens (primary N) is 1. The van der Waals surface area contributed by atoms with E-state index in [0.29, 0.717) is 0 Å². The van der Waals surface area contributed by atoms with Crippen molar-refractivity contribution in [3.05, 3.63) is 33.7 Å². The van der Waals surface area contributed by atoms with E-state index < -0.39 is 0 Å². The number of aromatic amines is 1. The Kier molecular flexibility index (Phi) is 1.38. The molecule has 1 heterocycles. The standard InChI is InChI=1S/C9H12N2O/c1-6-7(9(10)4-5-9)2-3-8(12)11-6/h2-3H,4-5,10H2,1H3,(H,11,12). The first-order valence-corrected chi connectivity index (χ1v) is 4.11. The highest BCUT2D eigenvalue weighted by Crippen LogP contribution is 2.43. The third kappa shape index (κ3) is 1.06. The van der Waals surface area contributed by atoms with Crippen molar-refractivity contribution in [2.24, 2.45) is 5.73 Å². The lowest BCUT2D eigenvalue weighted by molar-refractivity contribution is 0.724. The van der Waals surface area contributed by atoms with Crippen molar-refractivity contribution in [3.8, 4) is 0 Å². The zero-order valence-electron chi connectivity index (χ0n) is 7.05. The van der Waals surface area contributed by atoms with Gasteiger partial charge in [0.1, 0.15) is 0 Å². The summed E-state index contributed by atoms with van der Waals surface area (Å²) in [6, 6.07) is 3.37. The SMILES string of the molecule is Cc1[nH]c(=O)ccc1C1(N)CC1. The van der Waals surface area contributed by atoms with Crippen LogP contribution in [-0.2, 0) is 5.54 Å². The maximum Gasteiger partial charge on any atom is 0.248 e. The predicted octanol–water partition coefficient (Wildman–Crippen LogP) is 0.631. The summed E-state index contributed by atoms with van der Waals surface area (Å²) in [5, 5.41) is 0. The van der Waals surface area contributed by atoms with E-state index in [-0.39, 0.29) is 11.1 Å². The zero-order chi connectivity index (χ0) is 8.77. The lowest BCUT2D eigenvalue weighted by Crippen LogP contribution is -2.22. The van der Waals surface area contributed by atoms with Crippen LogP contribution >= 0.6 is 0 Å². The van der Waals surface area contributed by atoms with Crippen LogP contribution in [0.3, 0.4) is 0 Å². The molecule has 1 aromatic rings. The van der Waals surface area contributed by atoms with Crippen molar-refractivity contribution >= 4 is 0 Å². The van der Waals surface area contributed by atoms with Gasteiger partial charge in [0.05, 0.1) is 0 Å². The van der Waals surface area contributed by atoms with E-state index in [1.54, 1.807) is 0 Å². The van der Waals surface area contributed by atoms with Crippen LogP contribution in [0.1, 0.15) is 24.1 Å². The van der Waals surface area contributed by atoms with Crippen molar-refractivity contribution in [1.82, 2.24) is 4.98 Å². The molecule has 1 saturated carbocycles. The van der Waals surface area contributed by atoms with Gasteiger partial charge in [-0.1, -0.05) is 0 Å². The lowest BCUT2D eigenvalue weighted by Gasteiger charge is -2.10. The molecule has 3 nitrogen and oxygen atoms in total. The highest BCUT2D eigenvalue weighted by molar-refractivity contribution is 5.31. The molecule has 0 bridgehead atoms. The van der Waals surface area contributed by atoms with Crippen LogP contribution in [0, 0.1) is 6.92 Å². The Morgan fingerprint density at radius 3 is 2.67 bits per heavy atom. The fourth-order valence-corrected chi connectivity index (χ4v) is 1.52. The molecule has 0 radical (unpaired) electrons. The van der Waals surface area contributed by atoms with Crippen LogP contribution in [0.2, 0.25) is 0 Å². The Morgan fingerprint density at radius 2 is 2.17 bits per heavy atom. The van der Waals surface area contributed by atoms with Crippen LogP contribution in [-0.4, -0.2) is 4.98 Å². The normalized spacial score (nSPS) is 19.2. The van der Waals surface area contributed by atoms with Gasteiger partial charge in [-0.05, 0) is 31.4 Å². The summed E-state index contributed by atoms with van der Waals surface area (Å²) in [5.41, 5.74) is 7.79. The topological polar surface area (TPSA) is 58.9 Å². The van der Waals surface area contributed by atoms with Crippen molar-refractivity contribution in [2.45, 2.75) is 25.3 Å². The Bertz CT molecular complexity index is 363. The number of nitrogens with one attached hydrogen (secondary N) is 1. The minimum atomic E-state index is -0.145. The molecule has 0 aromatic carbocycles. The number of pyridine rings is 1. The molecule has 1 fully saturated rings. The van der Waals surface area contributed by atoms with Crippen molar-refractivity contribution < 1.29 is 0 Å². The highest BCUT2D eigenvalue weighted by Gasteiger charge is 2.41. The van der Waals surface area contributed by atoms with Crippen LogP contribution in [0.4, 0.5) is 0 Å². The molecule has 3 N–H and O–H groups in total. The fraction of sp³-hybridized carbons (Fsp3) is 0.444. The molecule has 0 saturated heterocycles. The molecule has 3 heteroatoms. The Labute approximate surface area is 70.6 Å². The van der Waals surface area contributed by atoms with Crippen molar-refractivity contribution in [3.63, 3.8) is 0 Å². The van der Waals surface area contributed by atoms with Crippen molar-refractivity contribution in [2.75, 3.05) is 0 Å². The molecular weight excluding hydrogens is 152 g/mol. The summed E-state index contributed by atoms with van der Waals surface area (Å²) >= 11 is 0. The largest absolute Gasteiger partial charge is 0.326 e. The van der Waals surface area contributed by atoms with Crippen LogP contribution in [0.15, 0.2) is 16.9 Å². The average Bonchev–Trinajstić information content (AvgIpc) is 2.68. The summed E-state index contributed by atoms with van der Waals surface area (Å²) in [7, 11) is 0. The highest BCUT2D eigenvalue weighted by atomic mass is 16.1. The zero-order valence-corrected chi connectivity index (χ0v) is 7.05.